The average molecular weight is 630 g/mol. The van der Waals surface area contributed by atoms with E-state index in [4.69, 9.17) is 9.47 Å². The molecule has 1 N–H and O–H groups in total. The van der Waals surface area contributed by atoms with Crippen LogP contribution in [0.25, 0.3) is 0 Å². The van der Waals surface area contributed by atoms with Crippen LogP contribution >= 0.6 is 0 Å². The van der Waals surface area contributed by atoms with Crippen molar-refractivity contribution in [3.05, 3.63) is 78.9 Å². The third kappa shape index (κ3) is 5.33. The molecule has 3 heterocycles. The molecular formula is C37H47N3O6. The van der Waals surface area contributed by atoms with Gasteiger partial charge in [-0.1, -0.05) is 31.2 Å². The summed E-state index contributed by atoms with van der Waals surface area (Å²) in [6.45, 7) is 18.6. The molecule has 3 aliphatic heterocycles. The molecule has 2 bridgehead atoms. The van der Waals surface area contributed by atoms with Gasteiger partial charge in [0.05, 0.1) is 24.0 Å². The van der Waals surface area contributed by atoms with Gasteiger partial charge >= 0.3 is 0 Å². The van der Waals surface area contributed by atoms with Crippen LogP contribution in [0.3, 0.4) is 0 Å². The fraction of sp³-hybridized carbons (Fsp3) is 0.486. The van der Waals surface area contributed by atoms with Crippen molar-refractivity contribution in [1.29, 1.82) is 0 Å². The number of carbonyl (C=O) groups is 3. The number of aliphatic hydroxyl groups excluding tert-OH is 1. The standard InChI is InChI=1S/C37H47N3O6/c1-8-18-38(27-14-16-28(17-15-27)45-10-3)33(42)30-31-34(43)40(20-11-21-41)32(37(31)23-26(6)36(30,7)46-37)35(44)39(19-9-2)29-22-24(4)12-13-25(29)5/h8-9,12-17,22,26,30-32,41H,1-2,10-11,18-21,23H2,3-7H3/t26?,30-,31-,32?,36+,37?/m0/s1. The van der Waals surface area contributed by atoms with Crippen molar-refractivity contribution in [2.24, 2.45) is 17.8 Å². The number of nitrogens with zero attached hydrogens (tertiary/aromatic N) is 3. The summed E-state index contributed by atoms with van der Waals surface area (Å²) in [7, 11) is 0. The zero-order valence-electron chi connectivity index (χ0n) is 27.7. The molecule has 0 radical (unpaired) electrons. The van der Waals surface area contributed by atoms with Gasteiger partial charge in [-0.25, -0.2) is 0 Å². The maximum atomic E-state index is 14.9. The zero-order chi connectivity index (χ0) is 33.4. The van der Waals surface area contributed by atoms with Gasteiger partial charge in [-0.15, -0.1) is 13.2 Å². The van der Waals surface area contributed by atoms with Gasteiger partial charge in [0.25, 0.3) is 5.91 Å². The van der Waals surface area contributed by atoms with E-state index in [-0.39, 0.29) is 49.9 Å². The lowest BCUT2D eigenvalue weighted by Crippen LogP contribution is -2.57. The van der Waals surface area contributed by atoms with Gasteiger partial charge in [-0.3, -0.25) is 14.4 Å². The number of anilines is 2. The number of fused-ring (bicyclic) bond motifs is 1. The van der Waals surface area contributed by atoms with Gasteiger partial charge in [-0.2, -0.15) is 0 Å². The molecule has 1 spiro atoms. The van der Waals surface area contributed by atoms with Gasteiger partial charge in [0.2, 0.25) is 11.8 Å². The first kappa shape index (κ1) is 33.4. The van der Waals surface area contributed by atoms with E-state index in [0.717, 1.165) is 16.8 Å². The van der Waals surface area contributed by atoms with Crippen LogP contribution in [0.5, 0.6) is 5.75 Å². The first-order valence-electron chi connectivity index (χ1n) is 16.2. The second-order valence-corrected chi connectivity index (χ2v) is 13.0. The second-order valence-electron chi connectivity index (χ2n) is 13.0. The monoisotopic (exact) mass is 629 g/mol. The fourth-order valence-electron chi connectivity index (χ4n) is 7.98. The molecule has 46 heavy (non-hydrogen) atoms. The number of hydrogen-bond donors (Lipinski definition) is 1. The van der Waals surface area contributed by atoms with Crippen LogP contribution in [0.15, 0.2) is 67.8 Å². The van der Waals surface area contributed by atoms with Crippen LogP contribution < -0.4 is 14.5 Å². The van der Waals surface area contributed by atoms with Crippen LogP contribution in [0, 0.1) is 31.6 Å². The molecule has 3 fully saturated rings. The highest BCUT2D eigenvalue weighted by Crippen LogP contribution is 2.65. The van der Waals surface area contributed by atoms with E-state index >= 15 is 0 Å². The van der Waals surface area contributed by atoms with E-state index in [1.807, 2.05) is 77.1 Å². The molecule has 9 nitrogen and oxygen atoms in total. The van der Waals surface area contributed by atoms with E-state index < -0.39 is 29.1 Å². The van der Waals surface area contributed by atoms with Crippen LogP contribution in [-0.2, 0) is 19.1 Å². The largest absolute Gasteiger partial charge is 0.494 e. The van der Waals surface area contributed by atoms with Crippen molar-refractivity contribution >= 4 is 29.1 Å². The lowest BCUT2D eigenvalue weighted by molar-refractivity contribution is -0.146. The fourth-order valence-corrected chi connectivity index (χ4v) is 7.98. The van der Waals surface area contributed by atoms with Crippen LogP contribution in [0.1, 0.15) is 44.7 Å². The Kier molecular flexibility index (Phi) is 9.47. The van der Waals surface area contributed by atoms with E-state index in [1.54, 1.807) is 26.9 Å². The predicted octanol–water partition coefficient (Wildman–Crippen LogP) is 4.83. The number of aryl methyl sites for hydroxylation is 2. The molecule has 9 heteroatoms. The predicted molar refractivity (Wildman–Crippen MR) is 179 cm³/mol. The SMILES string of the molecule is C=CCN(C(=O)[C@@H]1[C@H]2C(=O)N(CCCO)C(C(=O)N(CC=C)c3cc(C)ccc3C)C23CC(C)[C@@]1(C)O3)c1ccc(OCC)cc1. The smallest absolute Gasteiger partial charge is 0.253 e. The Balaban J connectivity index is 1.60. The molecule has 0 aromatic heterocycles. The van der Waals surface area contributed by atoms with Crippen molar-refractivity contribution in [2.45, 2.75) is 64.7 Å². The Bertz CT molecular complexity index is 1510. The molecule has 2 aromatic carbocycles. The van der Waals surface area contributed by atoms with Gasteiger partial charge in [0.1, 0.15) is 17.4 Å². The highest BCUT2D eigenvalue weighted by molar-refractivity contribution is 6.07. The summed E-state index contributed by atoms with van der Waals surface area (Å²) >= 11 is 0. The van der Waals surface area contributed by atoms with Gasteiger partial charge in [-0.05, 0) is 87.9 Å². The Hall–Kier alpha value is -3.95. The first-order chi connectivity index (χ1) is 22.0. The summed E-state index contributed by atoms with van der Waals surface area (Å²) in [6, 6.07) is 12.3. The Morgan fingerprint density at radius 3 is 2.39 bits per heavy atom. The topological polar surface area (TPSA) is 99.6 Å². The number of likely N-dealkylation sites (tertiary alicyclic amines) is 1. The minimum absolute atomic E-state index is 0.113. The number of benzene rings is 2. The second kappa shape index (κ2) is 13.0. The lowest BCUT2D eigenvalue weighted by atomic mass is 9.62. The van der Waals surface area contributed by atoms with E-state index in [1.165, 1.54) is 0 Å². The molecule has 5 rings (SSSR count). The van der Waals surface area contributed by atoms with Crippen molar-refractivity contribution in [1.82, 2.24) is 4.90 Å². The lowest BCUT2D eigenvalue weighted by Gasteiger charge is -2.39. The maximum Gasteiger partial charge on any atom is 0.253 e. The number of ether oxygens (including phenoxy) is 2. The van der Waals surface area contributed by atoms with Crippen molar-refractivity contribution in [3.63, 3.8) is 0 Å². The Morgan fingerprint density at radius 1 is 1.09 bits per heavy atom. The van der Waals surface area contributed by atoms with Crippen LogP contribution in [-0.4, -0.2) is 77.8 Å². The summed E-state index contributed by atoms with van der Waals surface area (Å²) in [5.74, 6) is -1.93. The summed E-state index contributed by atoms with van der Waals surface area (Å²) in [4.78, 5) is 49.1. The highest BCUT2D eigenvalue weighted by atomic mass is 16.5. The molecule has 3 aliphatic rings. The van der Waals surface area contributed by atoms with Gasteiger partial charge in [0, 0.05) is 37.6 Å². The number of hydrogen-bond acceptors (Lipinski definition) is 6. The van der Waals surface area contributed by atoms with E-state index in [0.29, 0.717) is 30.9 Å². The Labute approximate surface area is 272 Å². The van der Waals surface area contributed by atoms with Gasteiger partial charge in [0.15, 0.2) is 0 Å². The van der Waals surface area contributed by atoms with Crippen LogP contribution in [0.2, 0.25) is 0 Å². The number of aliphatic hydroxyl groups is 1. The minimum atomic E-state index is -1.21. The summed E-state index contributed by atoms with van der Waals surface area (Å²) in [6.07, 6.45) is 4.09. The van der Waals surface area contributed by atoms with E-state index in [2.05, 4.69) is 13.2 Å². The zero-order valence-corrected chi connectivity index (χ0v) is 27.7. The van der Waals surface area contributed by atoms with Crippen LogP contribution in [0.4, 0.5) is 11.4 Å². The summed E-state index contributed by atoms with van der Waals surface area (Å²) < 4.78 is 12.6. The summed E-state index contributed by atoms with van der Waals surface area (Å²) in [5.41, 5.74) is 1.12. The molecule has 3 amide bonds. The molecular weight excluding hydrogens is 582 g/mol. The summed E-state index contributed by atoms with van der Waals surface area (Å²) in [5, 5.41) is 9.79. The quantitative estimate of drug-likeness (QED) is 0.319. The normalized spacial score (nSPS) is 27.8. The molecule has 3 unspecified atom stereocenters. The maximum absolute atomic E-state index is 14.9. The average Bonchev–Trinajstić information content (AvgIpc) is 3.55. The molecule has 0 saturated carbocycles. The molecule has 0 aliphatic carbocycles. The third-order valence-electron chi connectivity index (χ3n) is 10.1. The van der Waals surface area contributed by atoms with Gasteiger partial charge < -0.3 is 29.3 Å². The minimum Gasteiger partial charge on any atom is -0.494 e. The highest BCUT2D eigenvalue weighted by Gasteiger charge is 2.80. The number of carbonyl (C=O) groups excluding carboxylic acids is 3. The van der Waals surface area contributed by atoms with Crippen molar-refractivity contribution < 1.29 is 29.0 Å². The van der Waals surface area contributed by atoms with Crippen molar-refractivity contribution in [3.8, 4) is 5.75 Å². The van der Waals surface area contributed by atoms with Crippen molar-refractivity contribution in [2.75, 3.05) is 42.6 Å². The third-order valence-corrected chi connectivity index (χ3v) is 10.1. The number of rotatable bonds is 13. The number of amides is 3. The molecule has 6 atom stereocenters. The molecule has 3 saturated heterocycles. The first-order valence-corrected chi connectivity index (χ1v) is 16.2. The Morgan fingerprint density at radius 2 is 1.76 bits per heavy atom. The van der Waals surface area contributed by atoms with E-state index in [9.17, 15) is 19.5 Å². The molecule has 246 valence electrons. The molecule has 2 aromatic rings.